The fourth-order valence-corrected chi connectivity index (χ4v) is 4.97. The third kappa shape index (κ3) is 5.33. The van der Waals surface area contributed by atoms with Crippen molar-refractivity contribution in [2.24, 2.45) is 0 Å². The van der Waals surface area contributed by atoms with Crippen LogP contribution < -0.4 is 0 Å². The summed E-state index contributed by atoms with van der Waals surface area (Å²) in [6.45, 7) is 11.0. The van der Waals surface area contributed by atoms with Gasteiger partial charge in [0.15, 0.2) is 0 Å². The summed E-state index contributed by atoms with van der Waals surface area (Å²) in [6, 6.07) is 4.78. The Kier molecular flexibility index (Phi) is 7.05. The summed E-state index contributed by atoms with van der Waals surface area (Å²) in [5.41, 5.74) is 2.79. The lowest BCUT2D eigenvalue weighted by molar-refractivity contribution is -0.128. The minimum Gasteiger partial charge on any atom is -0.389 e. The van der Waals surface area contributed by atoms with Crippen LogP contribution in [-0.4, -0.2) is 63.7 Å². The van der Waals surface area contributed by atoms with E-state index in [-0.39, 0.29) is 11.5 Å². The largest absolute Gasteiger partial charge is 0.389 e. The molecule has 1 aliphatic carbocycles. The minimum absolute atomic E-state index is 0.192. The summed E-state index contributed by atoms with van der Waals surface area (Å²) < 4.78 is 2.40. The molecule has 164 valence electrons. The van der Waals surface area contributed by atoms with Crippen LogP contribution >= 0.6 is 0 Å². The number of aromatic nitrogens is 1. The van der Waals surface area contributed by atoms with Crippen LogP contribution in [0.4, 0.5) is 0 Å². The molecule has 1 amide bonds. The van der Waals surface area contributed by atoms with Gasteiger partial charge in [0.1, 0.15) is 11.6 Å². The molecule has 1 aromatic heterocycles. The van der Waals surface area contributed by atoms with Crippen LogP contribution in [0.15, 0.2) is 11.6 Å². The SMILES string of the molecule is Cc1cc(/C=C(/C#N)C(=O)N2CCN(CC(C)(C)O)CC2)c(C)n1C1CCCCC1. The van der Waals surface area contributed by atoms with Crippen molar-refractivity contribution in [1.82, 2.24) is 14.4 Å². The van der Waals surface area contributed by atoms with Crippen molar-refractivity contribution < 1.29 is 9.90 Å². The lowest BCUT2D eigenvalue weighted by Gasteiger charge is -2.37. The van der Waals surface area contributed by atoms with Crippen molar-refractivity contribution in [2.75, 3.05) is 32.7 Å². The summed E-state index contributed by atoms with van der Waals surface area (Å²) in [5.74, 6) is -0.192. The maximum absolute atomic E-state index is 13.0. The van der Waals surface area contributed by atoms with Crippen LogP contribution in [0.1, 0.15) is 68.9 Å². The number of aryl methyl sites for hydroxylation is 1. The smallest absolute Gasteiger partial charge is 0.264 e. The number of amides is 1. The van der Waals surface area contributed by atoms with Crippen molar-refractivity contribution in [3.63, 3.8) is 0 Å². The van der Waals surface area contributed by atoms with Crippen LogP contribution in [0.3, 0.4) is 0 Å². The number of hydrogen-bond acceptors (Lipinski definition) is 4. The molecule has 2 aliphatic rings. The van der Waals surface area contributed by atoms with Crippen molar-refractivity contribution in [3.8, 4) is 6.07 Å². The Morgan fingerprint density at radius 2 is 1.83 bits per heavy atom. The summed E-state index contributed by atoms with van der Waals surface area (Å²) in [7, 11) is 0. The number of rotatable bonds is 5. The Hall–Kier alpha value is -2.10. The zero-order valence-electron chi connectivity index (χ0n) is 18.9. The molecule has 30 heavy (non-hydrogen) atoms. The van der Waals surface area contributed by atoms with E-state index in [1.165, 1.54) is 37.8 Å². The Balaban J connectivity index is 1.72. The van der Waals surface area contributed by atoms with E-state index in [1.54, 1.807) is 24.8 Å². The first-order valence-corrected chi connectivity index (χ1v) is 11.2. The fourth-order valence-electron chi connectivity index (χ4n) is 4.97. The number of hydrogen-bond donors (Lipinski definition) is 1. The van der Waals surface area contributed by atoms with E-state index in [1.807, 2.05) is 0 Å². The van der Waals surface area contributed by atoms with Gasteiger partial charge in [-0.3, -0.25) is 9.69 Å². The highest BCUT2D eigenvalue weighted by atomic mass is 16.3. The highest BCUT2D eigenvalue weighted by Crippen LogP contribution is 2.32. The predicted octanol–water partition coefficient (Wildman–Crippen LogP) is 3.43. The molecule has 2 fully saturated rings. The first-order valence-electron chi connectivity index (χ1n) is 11.2. The summed E-state index contributed by atoms with van der Waals surface area (Å²) in [4.78, 5) is 16.9. The van der Waals surface area contributed by atoms with Gasteiger partial charge < -0.3 is 14.6 Å². The van der Waals surface area contributed by atoms with Crippen LogP contribution in [0, 0.1) is 25.2 Å². The van der Waals surface area contributed by atoms with Crippen molar-refractivity contribution in [2.45, 2.75) is 71.4 Å². The average Bonchev–Trinajstić information content (AvgIpc) is 2.98. The van der Waals surface area contributed by atoms with E-state index in [0.717, 1.165) is 11.3 Å². The Labute approximate surface area is 180 Å². The zero-order valence-corrected chi connectivity index (χ0v) is 18.9. The normalized spacial score (nSPS) is 19.7. The molecule has 3 rings (SSSR count). The number of carbonyl (C=O) groups excluding carboxylic acids is 1. The van der Waals surface area contributed by atoms with Gasteiger partial charge in [-0.25, -0.2) is 0 Å². The first kappa shape index (κ1) is 22.6. The van der Waals surface area contributed by atoms with Gasteiger partial charge in [-0.1, -0.05) is 19.3 Å². The van der Waals surface area contributed by atoms with Gasteiger partial charge in [0, 0.05) is 50.2 Å². The monoisotopic (exact) mass is 412 g/mol. The maximum atomic E-state index is 13.0. The Morgan fingerprint density at radius 3 is 2.40 bits per heavy atom. The van der Waals surface area contributed by atoms with E-state index >= 15 is 0 Å². The Morgan fingerprint density at radius 1 is 1.20 bits per heavy atom. The van der Waals surface area contributed by atoms with E-state index < -0.39 is 5.60 Å². The van der Waals surface area contributed by atoms with Gasteiger partial charge in [0.25, 0.3) is 5.91 Å². The second kappa shape index (κ2) is 9.36. The van der Waals surface area contributed by atoms with E-state index in [0.29, 0.717) is 38.8 Å². The molecule has 0 bridgehead atoms. The molecule has 0 atom stereocenters. The molecule has 2 heterocycles. The van der Waals surface area contributed by atoms with Crippen LogP contribution in [0.25, 0.3) is 6.08 Å². The van der Waals surface area contributed by atoms with Gasteiger partial charge in [0.05, 0.1) is 5.60 Å². The number of aliphatic hydroxyl groups is 1. The lowest BCUT2D eigenvalue weighted by atomic mass is 9.95. The molecule has 1 saturated heterocycles. The molecule has 0 spiro atoms. The van der Waals surface area contributed by atoms with E-state index in [2.05, 4.69) is 35.5 Å². The van der Waals surface area contributed by atoms with Crippen molar-refractivity contribution >= 4 is 12.0 Å². The molecule has 0 unspecified atom stereocenters. The molecule has 1 N–H and O–H groups in total. The number of nitrogens with zero attached hydrogens (tertiary/aromatic N) is 4. The maximum Gasteiger partial charge on any atom is 0.264 e. The molecular formula is C24H36N4O2. The van der Waals surface area contributed by atoms with Crippen LogP contribution in [0.2, 0.25) is 0 Å². The summed E-state index contributed by atoms with van der Waals surface area (Å²) in [6.07, 6.45) is 8.05. The average molecular weight is 413 g/mol. The van der Waals surface area contributed by atoms with Gasteiger partial charge >= 0.3 is 0 Å². The van der Waals surface area contributed by atoms with Crippen molar-refractivity contribution in [3.05, 3.63) is 28.6 Å². The topological polar surface area (TPSA) is 72.5 Å². The van der Waals surface area contributed by atoms with Gasteiger partial charge in [0.2, 0.25) is 0 Å². The molecule has 0 aromatic carbocycles. The quantitative estimate of drug-likeness (QED) is 0.594. The molecule has 6 nitrogen and oxygen atoms in total. The fraction of sp³-hybridized carbons (Fsp3) is 0.667. The molecule has 0 radical (unpaired) electrons. The van der Waals surface area contributed by atoms with Crippen LogP contribution in [0.5, 0.6) is 0 Å². The van der Waals surface area contributed by atoms with Gasteiger partial charge in [-0.2, -0.15) is 5.26 Å². The molecule has 1 saturated carbocycles. The first-order chi connectivity index (χ1) is 14.2. The standard InChI is InChI=1S/C24H36N4O2/c1-18-14-20(19(2)28(18)22-8-6-5-7-9-22)15-21(16-25)23(29)27-12-10-26(11-13-27)17-24(3,4)30/h14-15,22,30H,5-13,17H2,1-4H3/b21-15-. The number of nitriles is 1. The molecule has 1 aliphatic heterocycles. The van der Waals surface area contributed by atoms with E-state index in [9.17, 15) is 15.2 Å². The predicted molar refractivity (Wildman–Crippen MR) is 119 cm³/mol. The zero-order chi connectivity index (χ0) is 21.9. The van der Waals surface area contributed by atoms with Gasteiger partial charge in [-0.15, -0.1) is 0 Å². The summed E-state index contributed by atoms with van der Waals surface area (Å²) in [5, 5.41) is 19.7. The number of carbonyl (C=O) groups is 1. The third-order valence-electron chi connectivity index (χ3n) is 6.38. The second-order valence-electron chi connectivity index (χ2n) is 9.54. The number of β-amino-alcohol motifs (C(OH)–C–C–N with tert-alkyl or cyclic N) is 1. The molecule has 1 aromatic rings. The van der Waals surface area contributed by atoms with E-state index in [4.69, 9.17) is 0 Å². The lowest BCUT2D eigenvalue weighted by Crippen LogP contribution is -2.52. The second-order valence-corrected chi connectivity index (χ2v) is 9.54. The van der Waals surface area contributed by atoms with Crippen LogP contribution in [-0.2, 0) is 4.79 Å². The molecular weight excluding hydrogens is 376 g/mol. The van der Waals surface area contributed by atoms with Crippen molar-refractivity contribution in [1.29, 1.82) is 5.26 Å². The van der Waals surface area contributed by atoms with Gasteiger partial charge in [-0.05, 0) is 58.2 Å². The minimum atomic E-state index is -0.745. The highest BCUT2D eigenvalue weighted by Gasteiger charge is 2.27. The highest BCUT2D eigenvalue weighted by molar-refractivity contribution is 6.01. The summed E-state index contributed by atoms with van der Waals surface area (Å²) >= 11 is 0. The Bertz CT molecular complexity index is 827. The molecule has 6 heteroatoms. The number of piperazine rings is 1. The third-order valence-corrected chi connectivity index (χ3v) is 6.38.